The average Bonchev–Trinajstić information content (AvgIpc) is 3.02. The molecule has 0 radical (unpaired) electrons. The molecule has 5 nitrogen and oxygen atoms in total. The topological polar surface area (TPSA) is 74.3 Å². The highest BCUT2D eigenvalue weighted by molar-refractivity contribution is 6.04. The van der Waals surface area contributed by atoms with Gasteiger partial charge in [0.2, 0.25) is 5.91 Å². The van der Waals surface area contributed by atoms with Crippen LogP contribution in [0.15, 0.2) is 48.7 Å². The van der Waals surface area contributed by atoms with Crippen molar-refractivity contribution in [1.82, 2.24) is 4.98 Å². The number of carbonyl (C=O) groups is 1. The molecule has 1 amide bonds. The molecule has 1 aliphatic rings. The third-order valence-electron chi connectivity index (χ3n) is 5.35. The molecule has 0 saturated heterocycles. The molecule has 2 aromatic carbocycles. The number of benzene rings is 2. The Morgan fingerprint density at radius 2 is 2.00 bits per heavy atom. The zero-order valence-electron chi connectivity index (χ0n) is 15.6. The van der Waals surface area contributed by atoms with E-state index in [1.165, 1.54) is 5.56 Å². The van der Waals surface area contributed by atoms with Crippen LogP contribution in [-0.2, 0) is 11.4 Å². The summed E-state index contributed by atoms with van der Waals surface area (Å²) in [7, 11) is 0. The molecule has 4 rings (SSSR count). The van der Waals surface area contributed by atoms with Gasteiger partial charge in [-0.2, -0.15) is 0 Å². The van der Waals surface area contributed by atoms with Crippen LogP contribution < -0.4 is 10.1 Å². The van der Waals surface area contributed by atoms with E-state index in [0.717, 1.165) is 27.9 Å². The summed E-state index contributed by atoms with van der Waals surface area (Å²) >= 11 is 0. The van der Waals surface area contributed by atoms with E-state index in [2.05, 4.69) is 41.5 Å². The molecule has 1 heterocycles. The fraction of sp³-hybridized carbons (Fsp3) is 0.318. The summed E-state index contributed by atoms with van der Waals surface area (Å²) < 4.78 is 5.92. The highest BCUT2D eigenvalue weighted by Gasteiger charge is 2.45. The Bertz CT molecular complexity index is 969. The minimum absolute atomic E-state index is 0.0559. The van der Waals surface area contributed by atoms with Crippen molar-refractivity contribution in [1.29, 1.82) is 0 Å². The van der Waals surface area contributed by atoms with Gasteiger partial charge in [0.15, 0.2) is 0 Å². The van der Waals surface area contributed by atoms with E-state index in [1.54, 1.807) is 6.20 Å². The molecule has 3 aromatic rings. The smallest absolute Gasteiger partial charge is 0.230 e. The van der Waals surface area contributed by atoms with Gasteiger partial charge in [-0.1, -0.05) is 36.8 Å². The Balaban J connectivity index is 1.49. The lowest BCUT2D eigenvalue weighted by Gasteiger charge is -2.40. The Kier molecular flexibility index (Phi) is 4.40. The molecule has 5 heteroatoms. The lowest BCUT2D eigenvalue weighted by atomic mass is 9.67. The number of carbonyl (C=O) groups excluding carboxylic acids is 1. The number of amides is 1. The lowest BCUT2D eigenvalue weighted by molar-refractivity contribution is -0.136. The van der Waals surface area contributed by atoms with Gasteiger partial charge in [-0.15, -0.1) is 0 Å². The molecule has 0 spiro atoms. The third kappa shape index (κ3) is 3.55. The molecule has 0 unspecified atom stereocenters. The van der Waals surface area contributed by atoms with Crippen molar-refractivity contribution < 1.29 is 14.6 Å². The number of rotatable bonds is 5. The van der Waals surface area contributed by atoms with Crippen molar-refractivity contribution >= 4 is 22.5 Å². The second-order valence-corrected chi connectivity index (χ2v) is 7.76. The first-order valence-electron chi connectivity index (χ1n) is 9.22. The Hall–Kier alpha value is -2.79. The van der Waals surface area contributed by atoms with E-state index < -0.39 is 5.41 Å². The maximum absolute atomic E-state index is 12.6. The summed E-state index contributed by atoms with van der Waals surface area (Å²) in [6.45, 7) is 4.44. The van der Waals surface area contributed by atoms with Crippen LogP contribution in [0, 0.1) is 12.3 Å². The van der Waals surface area contributed by atoms with Crippen LogP contribution in [0.2, 0.25) is 0 Å². The van der Waals surface area contributed by atoms with Crippen LogP contribution in [0.3, 0.4) is 0 Å². The highest BCUT2D eigenvalue weighted by Crippen LogP contribution is 2.42. The van der Waals surface area contributed by atoms with Gasteiger partial charge in [0.1, 0.15) is 12.4 Å². The first-order valence-corrected chi connectivity index (χ1v) is 9.22. The normalized spacial score (nSPS) is 21.7. The molecule has 3 N–H and O–H groups in total. The van der Waals surface area contributed by atoms with Crippen LogP contribution in [-0.4, -0.2) is 22.1 Å². The molecule has 1 saturated carbocycles. The summed E-state index contributed by atoms with van der Waals surface area (Å²) in [6.07, 6.45) is 2.44. The van der Waals surface area contributed by atoms with Crippen LogP contribution in [0.5, 0.6) is 5.75 Å². The third-order valence-corrected chi connectivity index (χ3v) is 5.35. The second kappa shape index (κ2) is 6.74. The number of ether oxygens (including phenoxy) is 1. The van der Waals surface area contributed by atoms with Crippen molar-refractivity contribution in [3.63, 3.8) is 0 Å². The minimum Gasteiger partial charge on any atom is -0.489 e. The van der Waals surface area contributed by atoms with Crippen LogP contribution in [0.1, 0.15) is 30.9 Å². The summed E-state index contributed by atoms with van der Waals surface area (Å²) in [5.41, 5.74) is 3.51. The van der Waals surface area contributed by atoms with E-state index in [1.807, 2.05) is 25.1 Å². The summed E-state index contributed by atoms with van der Waals surface area (Å²) in [5.74, 6) is 0.697. The molecule has 1 aromatic heterocycles. The predicted octanol–water partition coefficient (Wildman–Crippen LogP) is 4.15. The predicted molar refractivity (Wildman–Crippen MR) is 106 cm³/mol. The van der Waals surface area contributed by atoms with E-state index in [0.29, 0.717) is 19.4 Å². The Morgan fingerprint density at radius 3 is 2.70 bits per heavy atom. The minimum atomic E-state index is -0.497. The lowest BCUT2D eigenvalue weighted by Crippen LogP contribution is -2.47. The largest absolute Gasteiger partial charge is 0.489 e. The van der Waals surface area contributed by atoms with Crippen molar-refractivity contribution in [3.8, 4) is 5.75 Å². The highest BCUT2D eigenvalue weighted by atomic mass is 16.5. The Morgan fingerprint density at radius 1 is 1.26 bits per heavy atom. The fourth-order valence-electron chi connectivity index (χ4n) is 3.58. The summed E-state index contributed by atoms with van der Waals surface area (Å²) in [6, 6.07) is 14.1. The molecular formula is C22H24N2O3. The van der Waals surface area contributed by atoms with Crippen LogP contribution in [0.4, 0.5) is 5.69 Å². The van der Waals surface area contributed by atoms with E-state index in [-0.39, 0.29) is 12.0 Å². The number of aromatic nitrogens is 1. The fourth-order valence-corrected chi connectivity index (χ4v) is 3.58. The van der Waals surface area contributed by atoms with Gasteiger partial charge in [0, 0.05) is 17.1 Å². The number of hydrogen-bond donors (Lipinski definition) is 3. The SMILES string of the molecule is Cc1ccc(COc2ccc3[nH]cc(NC(=O)C4(C)CC(O)C4)c3c2)cc1. The molecule has 0 bridgehead atoms. The van der Waals surface area contributed by atoms with Gasteiger partial charge in [-0.3, -0.25) is 4.79 Å². The van der Waals surface area contributed by atoms with Crippen molar-refractivity contribution in [2.24, 2.45) is 5.41 Å². The monoisotopic (exact) mass is 364 g/mol. The quantitative estimate of drug-likeness (QED) is 0.636. The van der Waals surface area contributed by atoms with Crippen LogP contribution >= 0.6 is 0 Å². The number of nitrogens with one attached hydrogen (secondary N) is 2. The first kappa shape index (κ1) is 17.6. The average molecular weight is 364 g/mol. The van der Waals surface area contributed by atoms with Crippen molar-refractivity contribution in [3.05, 3.63) is 59.8 Å². The molecule has 0 aliphatic heterocycles. The summed E-state index contributed by atoms with van der Waals surface area (Å²) in [4.78, 5) is 15.7. The van der Waals surface area contributed by atoms with Gasteiger partial charge >= 0.3 is 0 Å². The maximum atomic E-state index is 12.6. The van der Waals surface area contributed by atoms with E-state index >= 15 is 0 Å². The molecular weight excluding hydrogens is 340 g/mol. The van der Waals surface area contributed by atoms with Gasteiger partial charge in [-0.05, 0) is 43.5 Å². The Labute approximate surface area is 158 Å². The number of aryl methyl sites for hydroxylation is 1. The zero-order chi connectivity index (χ0) is 19.0. The van der Waals surface area contributed by atoms with Gasteiger partial charge < -0.3 is 20.1 Å². The summed E-state index contributed by atoms with van der Waals surface area (Å²) in [5, 5.41) is 13.4. The van der Waals surface area contributed by atoms with Crippen molar-refractivity contribution in [2.45, 2.75) is 39.4 Å². The van der Waals surface area contributed by atoms with Crippen LogP contribution in [0.25, 0.3) is 10.9 Å². The first-order chi connectivity index (χ1) is 12.9. The zero-order valence-corrected chi connectivity index (χ0v) is 15.6. The molecule has 140 valence electrons. The van der Waals surface area contributed by atoms with E-state index in [9.17, 15) is 9.90 Å². The van der Waals surface area contributed by atoms with E-state index in [4.69, 9.17) is 4.74 Å². The standard InChI is InChI=1S/C22H24N2O3/c1-14-3-5-15(6-4-14)13-27-17-7-8-19-18(9-17)20(12-23-19)24-21(26)22(2)10-16(25)11-22/h3-9,12,16,23,25H,10-11,13H2,1-2H3,(H,24,26). The number of aromatic amines is 1. The van der Waals surface area contributed by atoms with Gasteiger partial charge in [0.05, 0.1) is 17.2 Å². The maximum Gasteiger partial charge on any atom is 0.230 e. The van der Waals surface area contributed by atoms with Gasteiger partial charge in [0.25, 0.3) is 0 Å². The van der Waals surface area contributed by atoms with Gasteiger partial charge in [-0.25, -0.2) is 0 Å². The number of aliphatic hydroxyl groups excluding tert-OH is 1. The molecule has 27 heavy (non-hydrogen) atoms. The molecule has 0 atom stereocenters. The number of aliphatic hydroxyl groups is 1. The van der Waals surface area contributed by atoms with Crippen molar-refractivity contribution in [2.75, 3.05) is 5.32 Å². The molecule has 1 fully saturated rings. The second-order valence-electron chi connectivity index (χ2n) is 7.76. The number of fused-ring (bicyclic) bond motifs is 1. The number of anilines is 1. The number of hydrogen-bond acceptors (Lipinski definition) is 3. The molecule has 1 aliphatic carbocycles. The number of H-pyrrole nitrogens is 1.